The molecule has 1 aromatic heterocycles. The molecule has 0 saturated heterocycles. The molecule has 1 aliphatic heterocycles. The average Bonchev–Trinajstić information content (AvgIpc) is 3.50. The van der Waals surface area contributed by atoms with Gasteiger partial charge in [-0.1, -0.05) is 23.7 Å². The molecule has 55 heavy (non-hydrogen) atoms. The molecule has 1 atom stereocenters. The van der Waals surface area contributed by atoms with Crippen LogP contribution in [-0.4, -0.2) is 150 Å². The number of aliphatic imine (C=N–C) groups is 1. The lowest BCUT2D eigenvalue weighted by atomic mass is 10.00. The smallest absolute Gasteiger partial charge is 0.404 e. The van der Waals surface area contributed by atoms with Crippen molar-refractivity contribution in [2.75, 3.05) is 113 Å². The lowest BCUT2D eigenvalue weighted by Crippen LogP contribution is -2.29. The van der Waals surface area contributed by atoms with Crippen LogP contribution >= 0.6 is 11.6 Å². The number of benzene rings is 2. The molecule has 0 saturated carbocycles. The summed E-state index contributed by atoms with van der Waals surface area (Å²) in [7, 11) is 1.62. The lowest BCUT2D eigenvalue weighted by Gasteiger charge is -2.14. The van der Waals surface area contributed by atoms with Crippen LogP contribution in [0.1, 0.15) is 35.2 Å². The molecule has 3 aromatic rings. The van der Waals surface area contributed by atoms with Crippen molar-refractivity contribution in [3.8, 4) is 11.4 Å². The number of halogens is 1. The summed E-state index contributed by atoms with van der Waals surface area (Å²) < 4.78 is 45.6. The quantitative estimate of drug-likeness (QED) is 0.0910. The van der Waals surface area contributed by atoms with Crippen molar-refractivity contribution < 1.29 is 52.6 Å². The zero-order valence-electron chi connectivity index (χ0n) is 31.3. The molecular formula is C37H51ClN6O11. The van der Waals surface area contributed by atoms with Gasteiger partial charge in [-0.2, -0.15) is 0 Å². The second-order valence-electron chi connectivity index (χ2n) is 11.9. The van der Waals surface area contributed by atoms with E-state index in [-0.39, 0.29) is 18.9 Å². The first-order chi connectivity index (χ1) is 26.9. The normalized spacial score (nSPS) is 13.4. The van der Waals surface area contributed by atoms with Crippen molar-refractivity contribution in [1.29, 1.82) is 0 Å². The Morgan fingerprint density at radius 2 is 1.24 bits per heavy atom. The maximum absolute atomic E-state index is 13.1. The summed E-state index contributed by atoms with van der Waals surface area (Å²) in [5.41, 5.74) is 3.22. The minimum absolute atomic E-state index is 0.0641. The first-order valence-electron chi connectivity index (χ1n) is 18.1. The predicted octanol–water partition coefficient (Wildman–Crippen LogP) is 3.02. The molecule has 0 radical (unpaired) electrons. The minimum atomic E-state index is -1.07. The van der Waals surface area contributed by atoms with E-state index in [2.05, 4.69) is 20.8 Å². The zero-order valence-corrected chi connectivity index (χ0v) is 32.1. The van der Waals surface area contributed by atoms with Crippen LogP contribution in [0.15, 0.2) is 47.5 Å². The monoisotopic (exact) mass is 790 g/mol. The highest BCUT2D eigenvalue weighted by molar-refractivity contribution is 6.30. The van der Waals surface area contributed by atoms with Gasteiger partial charge in [0.05, 0.1) is 117 Å². The highest BCUT2D eigenvalue weighted by Gasteiger charge is 2.30. The van der Waals surface area contributed by atoms with Gasteiger partial charge in [-0.05, 0) is 37.3 Å². The predicted molar refractivity (Wildman–Crippen MR) is 202 cm³/mol. The van der Waals surface area contributed by atoms with Gasteiger partial charge in [-0.15, -0.1) is 10.2 Å². The van der Waals surface area contributed by atoms with Gasteiger partial charge in [0.15, 0.2) is 5.82 Å². The Balaban J connectivity index is 1.03. The number of aromatic nitrogens is 3. The number of aryl methyl sites for hydroxylation is 1. The highest BCUT2D eigenvalue weighted by Crippen LogP contribution is 2.34. The van der Waals surface area contributed by atoms with Crippen LogP contribution in [0.4, 0.5) is 4.79 Å². The van der Waals surface area contributed by atoms with Crippen LogP contribution in [0, 0.1) is 6.92 Å². The Morgan fingerprint density at radius 1 is 0.727 bits per heavy atom. The van der Waals surface area contributed by atoms with E-state index in [4.69, 9.17) is 59.6 Å². The van der Waals surface area contributed by atoms with E-state index >= 15 is 0 Å². The van der Waals surface area contributed by atoms with E-state index in [1.165, 1.54) is 0 Å². The van der Waals surface area contributed by atoms with Gasteiger partial charge >= 0.3 is 6.09 Å². The third kappa shape index (κ3) is 15.5. The molecule has 0 unspecified atom stereocenters. The van der Waals surface area contributed by atoms with Crippen LogP contribution in [0.3, 0.4) is 0 Å². The summed E-state index contributed by atoms with van der Waals surface area (Å²) in [4.78, 5) is 28.5. The molecule has 0 fully saturated rings. The molecule has 2 heterocycles. The van der Waals surface area contributed by atoms with Gasteiger partial charge in [-0.3, -0.25) is 14.4 Å². The Hall–Kier alpha value is -4.20. The first kappa shape index (κ1) is 43.5. The largest absolute Gasteiger partial charge is 0.497 e. The van der Waals surface area contributed by atoms with Gasteiger partial charge in [-0.25, -0.2) is 4.79 Å². The number of rotatable bonds is 28. The van der Waals surface area contributed by atoms with Crippen molar-refractivity contribution in [2.45, 2.75) is 19.4 Å². The molecule has 0 aliphatic carbocycles. The summed E-state index contributed by atoms with van der Waals surface area (Å²) in [5.74, 6) is 1.74. The van der Waals surface area contributed by atoms with Crippen molar-refractivity contribution in [3.63, 3.8) is 0 Å². The molecule has 2 amide bonds. The van der Waals surface area contributed by atoms with E-state index < -0.39 is 12.1 Å². The number of nitrogens with one attached hydrogen (secondary N) is 2. The van der Waals surface area contributed by atoms with E-state index in [1.54, 1.807) is 7.11 Å². The van der Waals surface area contributed by atoms with Crippen LogP contribution < -0.4 is 15.4 Å². The lowest BCUT2D eigenvalue weighted by molar-refractivity contribution is -0.121. The summed E-state index contributed by atoms with van der Waals surface area (Å²) in [5, 5.41) is 22.9. The Morgan fingerprint density at radius 3 is 1.75 bits per heavy atom. The van der Waals surface area contributed by atoms with E-state index in [0.717, 1.165) is 16.8 Å². The maximum atomic E-state index is 13.1. The molecule has 17 nitrogen and oxygen atoms in total. The Bertz CT molecular complexity index is 1630. The Labute approximate surface area is 325 Å². The topological polar surface area (TPSA) is 195 Å². The van der Waals surface area contributed by atoms with Crippen molar-refractivity contribution >= 4 is 29.3 Å². The van der Waals surface area contributed by atoms with E-state index in [9.17, 15) is 9.59 Å². The van der Waals surface area contributed by atoms with Crippen LogP contribution in [0.2, 0.25) is 5.02 Å². The van der Waals surface area contributed by atoms with Crippen molar-refractivity contribution in [2.24, 2.45) is 4.99 Å². The van der Waals surface area contributed by atoms with Crippen molar-refractivity contribution in [1.82, 2.24) is 25.4 Å². The van der Waals surface area contributed by atoms with Crippen LogP contribution in [0.5, 0.6) is 5.75 Å². The second-order valence-corrected chi connectivity index (χ2v) is 12.3. The van der Waals surface area contributed by atoms with Gasteiger partial charge in [0.2, 0.25) is 5.91 Å². The number of carboxylic acid groups (broad SMARTS) is 1. The van der Waals surface area contributed by atoms with Gasteiger partial charge < -0.3 is 53.6 Å². The summed E-state index contributed by atoms with van der Waals surface area (Å²) >= 11 is 6.19. The molecule has 3 N–H and O–H groups in total. The number of fused-ring (bicyclic) bond motifs is 3. The average molecular weight is 791 g/mol. The molecule has 18 heteroatoms. The zero-order chi connectivity index (χ0) is 39.1. The number of hydrogen-bond acceptors (Lipinski definition) is 13. The summed E-state index contributed by atoms with van der Waals surface area (Å²) in [6, 6.07) is 12.6. The maximum Gasteiger partial charge on any atom is 0.404 e. The number of carbonyl (C=O) groups is 2. The fraction of sp³-hybridized carbons (Fsp3) is 0.541. The number of hydrogen-bond donors (Lipinski definition) is 3. The number of carbonyl (C=O) groups excluding carboxylic acids is 1. The first-order valence-corrected chi connectivity index (χ1v) is 18.5. The van der Waals surface area contributed by atoms with Crippen LogP contribution in [0.25, 0.3) is 5.69 Å². The molecule has 0 spiro atoms. The number of amides is 2. The summed E-state index contributed by atoms with van der Waals surface area (Å²) in [6.45, 7) is 8.17. The van der Waals surface area contributed by atoms with E-state index in [0.29, 0.717) is 127 Å². The molecular weight excluding hydrogens is 740 g/mol. The molecule has 302 valence electrons. The Kier molecular flexibility index (Phi) is 19.8. The third-order valence-electron chi connectivity index (χ3n) is 7.95. The van der Waals surface area contributed by atoms with Gasteiger partial charge in [0.1, 0.15) is 17.6 Å². The number of ether oxygens (including phenoxy) is 8. The van der Waals surface area contributed by atoms with Crippen LogP contribution in [-0.2, 0) is 38.0 Å². The van der Waals surface area contributed by atoms with E-state index in [1.807, 2.05) is 54.0 Å². The molecule has 2 aromatic carbocycles. The van der Waals surface area contributed by atoms with Gasteiger partial charge in [0.25, 0.3) is 0 Å². The number of methoxy groups -OCH3 is 1. The van der Waals surface area contributed by atoms with Crippen molar-refractivity contribution in [3.05, 3.63) is 70.3 Å². The molecule has 1 aliphatic rings. The summed E-state index contributed by atoms with van der Waals surface area (Å²) in [6.07, 6.45) is -1.01. The molecule has 0 bridgehead atoms. The van der Waals surface area contributed by atoms with Gasteiger partial charge in [0, 0.05) is 29.2 Å². The standard InChI is InChI=1S/C37H51ClN6O11/c1-27-42-43-36-32(41-35(28-3-5-29(38)6-4-28)31-25-30(48-2)7-8-33(31)44(27)36)26-34(45)39-9-11-49-13-15-51-17-19-53-21-23-55-24-22-54-20-18-52-16-14-50-12-10-40-37(46)47/h3-8,25,32,40H,9-24,26H2,1-2H3,(H,39,45)(H,46,47)/t32-/m0/s1. The third-order valence-corrected chi connectivity index (χ3v) is 8.20. The molecule has 4 rings (SSSR count). The SMILES string of the molecule is COc1ccc2c(c1)C(c1ccc(Cl)cc1)=N[C@@H](CC(=O)NCCOCCOCCOCCOCCOCCOCCOCCNC(=O)O)c1nnc(C)n1-2. The fourth-order valence-corrected chi connectivity index (χ4v) is 5.46. The minimum Gasteiger partial charge on any atom is -0.497 e. The number of nitrogens with zero attached hydrogens (tertiary/aromatic N) is 4. The fourth-order valence-electron chi connectivity index (χ4n) is 5.34. The highest BCUT2D eigenvalue weighted by atomic mass is 35.5. The second kappa shape index (κ2) is 25.1.